The van der Waals surface area contributed by atoms with Crippen LogP contribution in [0.3, 0.4) is 0 Å². The number of amides is 2. The Bertz CT molecular complexity index is 925. The van der Waals surface area contributed by atoms with Crippen molar-refractivity contribution in [3.8, 4) is 5.69 Å². The van der Waals surface area contributed by atoms with E-state index in [1.165, 1.54) is 41.2 Å². The van der Waals surface area contributed by atoms with E-state index in [0.29, 0.717) is 5.69 Å². The second-order valence-electron chi connectivity index (χ2n) is 4.88. The summed E-state index contributed by atoms with van der Waals surface area (Å²) in [5.41, 5.74) is 0.448. The molecule has 0 saturated heterocycles. The van der Waals surface area contributed by atoms with Crippen LogP contribution >= 0.6 is 0 Å². The monoisotopic (exact) mass is 324 g/mol. The van der Waals surface area contributed by atoms with Crippen LogP contribution in [0.15, 0.2) is 71.8 Å². The van der Waals surface area contributed by atoms with Gasteiger partial charge in [-0.2, -0.15) is 0 Å². The van der Waals surface area contributed by atoms with Crippen molar-refractivity contribution in [2.24, 2.45) is 0 Å². The summed E-state index contributed by atoms with van der Waals surface area (Å²) >= 11 is 0. The van der Waals surface area contributed by atoms with Gasteiger partial charge in [-0.25, -0.2) is 14.2 Å². The Morgan fingerprint density at radius 1 is 1.04 bits per heavy atom. The number of halogens is 1. The first-order valence-corrected chi connectivity index (χ1v) is 7.10. The second-order valence-corrected chi connectivity index (χ2v) is 4.88. The maximum Gasteiger partial charge on any atom is 0.325 e. The van der Waals surface area contributed by atoms with E-state index in [1.807, 2.05) is 6.07 Å². The number of para-hydroxylation sites is 1. The first kappa shape index (κ1) is 15.4. The summed E-state index contributed by atoms with van der Waals surface area (Å²) in [6.45, 7) is 0. The summed E-state index contributed by atoms with van der Waals surface area (Å²) in [4.78, 5) is 28.3. The van der Waals surface area contributed by atoms with Crippen LogP contribution in [0, 0.1) is 5.82 Å². The average molecular weight is 324 g/mol. The minimum Gasteiger partial charge on any atom is -0.308 e. The number of anilines is 2. The van der Waals surface area contributed by atoms with Gasteiger partial charge in [0, 0.05) is 23.8 Å². The van der Waals surface area contributed by atoms with Crippen molar-refractivity contribution in [3.05, 3.63) is 83.2 Å². The lowest BCUT2D eigenvalue weighted by atomic mass is 10.3. The van der Waals surface area contributed by atoms with E-state index in [-0.39, 0.29) is 11.5 Å². The van der Waals surface area contributed by atoms with Crippen molar-refractivity contribution in [1.82, 2.24) is 9.55 Å². The maximum absolute atomic E-state index is 13.1. The number of nitrogens with zero attached hydrogens (tertiary/aromatic N) is 2. The number of nitrogens with one attached hydrogen (secondary N) is 2. The van der Waals surface area contributed by atoms with Gasteiger partial charge in [0.25, 0.3) is 5.56 Å². The van der Waals surface area contributed by atoms with Gasteiger partial charge in [0.15, 0.2) is 0 Å². The predicted octanol–water partition coefficient (Wildman–Crippen LogP) is 3.02. The Kier molecular flexibility index (Phi) is 4.33. The van der Waals surface area contributed by atoms with Gasteiger partial charge < -0.3 is 5.32 Å². The molecule has 2 N–H and O–H groups in total. The predicted molar refractivity (Wildman–Crippen MR) is 88.9 cm³/mol. The highest BCUT2D eigenvalue weighted by atomic mass is 19.1. The fraction of sp³-hybridized carbons (Fsp3) is 0. The molecule has 0 unspecified atom stereocenters. The third kappa shape index (κ3) is 3.46. The molecule has 2 amide bonds. The maximum atomic E-state index is 13.1. The van der Waals surface area contributed by atoms with Crippen LogP contribution in [0.2, 0.25) is 0 Å². The normalized spacial score (nSPS) is 10.2. The Labute approximate surface area is 136 Å². The molecule has 3 aromatic rings. The third-order valence-electron chi connectivity index (χ3n) is 3.19. The third-order valence-corrected chi connectivity index (χ3v) is 3.19. The van der Waals surface area contributed by atoms with Crippen LogP contribution in [-0.2, 0) is 0 Å². The molecule has 120 valence electrons. The molecule has 0 aliphatic heterocycles. The van der Waals surface area contributed by atoms with Gasteiger partial charge in [-0.05, 0) is 30.3 Å². The molecule has 0 spiro atoms. The number of rotatable bonds is 3. The Balaban J connectivity index is 1.81. The Hall–Kier alpha value is -3.48. The average Bonchev–Trinajstić information content (AvgIpc) is 2.57. The van der Waals surface area contributed by atoms with Crippen LogP contribution in [0.25, 0.3) is 5.69 Å². The van der Waals surface area contributed by atoms with Crippen molar-refractivity contribution in [2.45, 2.75) is 0 Å². The zero-order chi connectivity index (χ0) is 16.9. The molecule has 0 aliphatic carbocycles. The second kappa shape index (κ2) is 6.74. The minimum atomic E-state index is -0.684. The van der Waals surface area contributed by atoms with Gasteiger partial charge in [-0.1, -0.05) is 24.3 Å². The van der Waals surface area contributed by atoms with E-state index in [9.17, 15) is 14.0 Å². The zero-order valence-corrected chi connectivity index (χ0v) is 12.4. The van der Waals surface area contributed by atoms with Crippen molar-refractivity contribution >= 4 is 17.5 Å². The van der Waals surface area contributed by atoms with Crippen LogP contribution < -0.4 is 16.2 Å². The molecule has 24 heavy (non-hydrogen) atoms. The molecule has 1 heterocycles. The highest BCUT2D eigenvalue weighted by Gasteiger charge is 2.10. The molecule has 0 bridgehead atoms. The Morgan fingerprint density at radius 2 is 1.83 bits per heavy atom. The summed E-state index contributed by atoms with van der Waals surface area (Å²) < 4.78 is 14.5. The number of urea groups is 1. The summed E-state index contributed by atoms with van der Waals surface area (Å²) in [6, 6.07) is 13.7. The number of benzene rings is 2. The molecule has 7 heteroatoms. The SMILES string of the molecule is O=C(Nc1cccc(F)c1)Nc1nccn(-c2ccccc2)c1=O. The topological polar surface area (TPSA) is 76.0 Å². The minimum absolute atomic E-state index is 0.129. The number of hydrogen-bond acceptors (Lipinski definition) is 3. The molecule has 0 atom stereocenters. The van der Waals surface area contributed by atoms with Gasteiger partial charge in [-0.15, -0.1) is 0 Å². The molecule has 0 radical (unpaired) electrons. The highest BCUT2D eigenvalue weighted by molar-refractivity contribution is 5.99. The summed E-state index contributed by atoms with van der Waals surface area (Å²) in [5, 5.41) is 4.81. The van der Waals surface area contributed by atoms with Crippen LogP contribution in [0.1, 0.15) is 0 Å². The summed E-state index contributed by atoms with van der Waals surface area (Å²) in [5.74, 6) is -0.604. The van der Waals surface area contributed by atoms with Crippen LogP contribution in [-0.4, -0.2) is 15.6 Å². The van der Waals surface area contributed by atoms with Gasteiger partial charge in [-0.3, -0.25) is 14.7 Å². The van der Waals surface area contributed by atoms with E-state index < -0.39 is 17.4 Å². The number of carbonyl (C=O) groups is 1. The lowest BCUT2D eigenvalue weighted by Crippen LogP contribution is -2.28. The molecular formula is C17H13FN4O2. The van der Waals surface area contributed by atoms with Gasteiger partial charge in [0.05, 0.1) is 0 Å². The van der Waals surface area contributed by atoms with E-state index in [4.69, 9.17) is 0 Å². The molecule has 0 saturated carbocycles. The number of aromatic nitrogens is 2. The lowest BCUT2D eigenvalue weighted by molar-refractivity contribution is 0.262. The zero-order valence-electron chi connectivity index (χ0n) is 12.4. The van der Waals surface area contributed by atoms with Crippen molar-refractivity contribution in [1.29, 1.82) is 0 Å². The highest BCUT2D eigenvalue weighted by Crippen LogP contribution is 2.10. The van der Waals surface area contributed by atoms with Crippen molar-refractivity contribution in [3.63, 3.8) is 0 Å². The van der Waals surface area contributed by atoms with Gasteiger partial charge >= 0.3 is 6.03 Å². The number of hydrogen-bond donors (Lipinski definition) is 2. The molecule has 6 nitrogen and oxygen atoms in total. The van der Waals surface area contributed by atoms with Crippen molar-refractivity contribution in [2.75, 3.05) is 10.6 Å². The largest absolute Gasteiger partial charge is 0.325 e. The Morgan fingerprint density at radius 3 is 2.58 bits per heavy atom. The van der Waals surface area contributed by atoms with E-state index in [2.05, 4.69) is 15.6 Å². The molecule has 0 aliphatic rings. The van der Waals surface area contributed by atoms with Crippen molar-refractivity contribution < 1.29 is 9.18 Å². The summed E-state index contributed by atoms with van der Waals surface area (Å²) in [6.07, 6.45) is 2.92. The first-order chi connectivity index (χ1) is 11.6. The lowest BCUT2D eigenvalue weighted by Gasteiger charge is -2.09. The first-order valence-electron chi connectivity index (χ1n) is 7.10. The summed E-state index contributed by atoms with van der Waals surface area (Å²) in [7, 11) is 0. The molecular weight excluding hydrogens is 311 g/mol. The fourth-order valence-electron chi connectivity index (χ4n) is 2.13. The standard InChI is InChI=1S/C17H13FN4O2/c18-12-5-4-6-13(11-12)20-17(24)21-15-16(23)22(10-9-19-15)14-7-2-1-3-8-14/h1-11H,(H2,19,20,21,24). The van der Waals surface area contributed by atoms with Crippen LogP contribution in [0.4, 0.5) is 20.7 Å². The van der Waals surface area contributed by atoms with E-state index in [0.717, 1.165) is 0 Å². The van der Waals surface area contributed by atoms with E-state index >= 15 is 0 Å². The smallest absolute Gasteiger partial charge is 0.308 e. The molecule has 0 fully saturated rings. The molecule has 2 aromatic carbocycles. The van der Waals surface area contributed by atoms with Gasteiger partial charge in [0.1, 0.15) is 5.82 Å². The molecule has 3 rings (SSSR count). The van der Waals surface area contributed by atoms with Gasteiger partial charge in [0.2, 0.25) is 5.82 Å². The van der Waals surface area contributed by atoms with E-state index in [1.54, 1.807) is 24.3 Å². The van der Waals surface area contributed by atoms with Crippen LogP contribution in [0.5, 0.6) is 0 Å². The number of carbonyl (C=O) groups excluding carboxylic acids is 1. The quantitative estimate of drug-likeness (QED) is 0.777. The molecule has 1 aromatic heterocycles. The fourth-order valence-corrected chi connectivity index (χ4v) is 2.13.